The molecule has 0 unspecified atom stereocenters. The zero-order valence-electron chi connectivity index (χ0n) is 10.3. The van der Waals surface area contributed by atoms with E-state index in [4.69, 9.17) is 4.84 Å². The molecule has 0 aliphatic carbocycles. The number of oxime groups is 1. The molecule has 82 valence electrons. The minimum Gasteiger partial charge on any atom is -0.388 e. The predicted molar refractivity (Wildman–Crippen MR) is 60.4 cm³/mol. The summed E-state index contributed by atoms with van der Waals surface area (Å²) in [7, 11) is 0. The first-order valence-corrected chi connectivity index (χ1v) is 5.65. The Labute approximate surface area is 87.7 Å². The molecular formula is C12H23NO. The molecule has 0 spiro atoms. The van der Waals surface area contributed by atoms with Gasteiger partial charge in [-0.1, -0.05) is 46.7 Å². The van der Waals surface area contributed by atoms with Crippen LogP contribution in [0.3, 0.4) is 0 Å². The van der Waals surface area contributed by atoms with Crippen molar-refractivity contribution in [3.05, 3.63) is 0 Å². The van der Waals surface area contributed by atoms with Crippen LogP contribution >= 0.6 is 0 Å². The second-order valence-electron chi connectivity index (χ2n) is 5.27. The maximum absolute atomic E-state index is 5.73. The van der Waals surface area contributed by atoms with Gasteiger partial charge >= 0.3 is 0 Å². The van der Waals surface area contributed by atoms with Crippen molar-refractivity contribution in [3.63, 3.8) is 0 Å². The van der Waals surface area contributed by atoms with Crippen LogP contribution in [-0.4, -0.2) is 11.3 Å². The van der Waals surface area contributed by atoms with Gasteiger partial charge in [-0.15, -0.1) is 0 Å². The van der Waals surface area contributed by atoms with E-state index in [0.29, 0.717) is 17.8 Å². The van der Waals surface area contributed by atoms with Gasteiger partial charge in [-0.25, -0.2) is 0 Å². The fourth-order valence-corrected chi connectivity index (χ4v) is 2.09. The Morgan fingerprint density at radius 3 is 1.79 bits per heavy atom. The molecule has 0 aromatic rings. The molecular weight excluding hydrogens is 174 g/mol. The second-order valence-corrected chi connectivity index (χ2v) is 5.27. The lowest BCUT2D eigenvalue weighted by molar-refractivity contribution is -0.0869. The van der Waals surface area contributed by atoms with Crippen LogP contribution in [0.4, 0.5) is 0 Å². The van der Waals surface area contributed by atoms with Crippen LogP contribution in [0.5, 0.6) is 0 Å². The maximum atomic E-state index is 5.73. The highest BCUT2D eigenvalue weighted by atomic mass is 16.7. The van der Waals surface area contributed by atoms with Crippen molar-refractivity contribution in [2.75, 3.05) is 0 Å². The molecule has 2 heteroatoms. The van der Waals surface area contributed by atoms with Crippen molar-refractivity contribution in [2.24, 2.45) is 22.9 Å². The minimum absolute atomic E-state index is 0.0559. The predicted octanol–water partition coefficient (Wildman–Crippen LogP) is 3.47. The minimum atomic E-state index is -0.0559. The van der Waals surface area contributed by atoms with Crippen LogP contribution in [0.1, 0.15) is 48.0 Å². The van der Waals surface area contributed by atoms with Gasteiger partial charge in [-0.2, -0.15) is 0 Å². The van der Waals surface area contributed by atoms with Crippen molar-refractivity contribution in [3.8, 4) is 0 Å². The monoisotopic (exact) mass is 197 g/mol. The van der Waals surface area contributed by atoms with Gasteiger partial charge in [0, 0.05) is 6.42 Å². The third kappa shape index (κ3) is 1.79. The van der Waals surface area contributed by atoms with Crippen molar-refractivity contribution in [1.82, 2.24) is 0 Å². The Balaban J connectivity index is 2.80. The SMILES string of the molecule is CC(C)C1=NOC(C(C)C)(C(C)C)C1. The van der Waals surface area contributed by atoms with Gasteiger partial charge in [-0.3, -0.25) is 0 Å². The van der Waals surface area contributed by atoms with Gasteiger partial charge < -0.3 is 4.84 Å². The number of hydrogen-bond acceptors (Lipinski definition) is 2. The van der Waals surface area contributed by atoms with Crippen LogP contribution in [0.15, 0.2) is 5.16 Å². The summed E-state index contributed by atoms with van der Waals surface area (Å²) in [4.78, 5) is 5.73. The molecule has 0 saturated heterocycles. The van der Waals surface area contributed by atoms with Crippen molar-refractivity contribution < 1.29 is 4.84 Å². The molecule has 1 aliphatic heterocycles. The molecule has 0 aromatic carbocycles. The first-order chi connectivity index (χ1) is 6.40. The van der Waals surface area contributed by atoms with Gasteiger partial charge in [0.05, 0.1) is 5.71 Å². The van der Waals surface area contributed by atoms with E-state index >= 15 is 0 Å². The largest absolute Gasteiger partial charge is 0.388 e. The van der Waals surface area contributed by atoms with Gasteiger partial charge in [0.2, 0.25) is 0 Å². The van der Waals surface area contributed by atoms with Crippen LogP contribution < -0.4 is 0 Å². The van der Waals surface area contributed by atoms with E-state index in [2.05, 4.69) is 46.7 Å². The standard InChI is InChI=1S/C12H23NO/c1-8(2)11-7-12(9(3)4,10(5)6)14-13-11/h8-10H,7H2,1-6H3. The van der Waals surface area contributed by atoms with Crippen LogP contribution in [0, 0.1) is 17.8 Å². The number of nitrogens with zero attached hydrogens (tertiary/aromatic N) is 1. The highest BCUT2D eigenvalue weighted by Gasteiger charge is 2.45. The summed E-state index contributed by atoms with van der Waals surface area (Å²) >= 11 is 0. The van der Waals surface area contributed by atoms with E-state index in [1.807, 2.05) is 0 Å². The van der Waals surface area contributed by atoms with Crippen LogP contribution in [-0.2, 0) is 4.84 Å². The van der Waals surface area contributed by atoms with Crippen molar-refractivity contribution in [1.29, 1.82) is 0 Å². The van der Waals surface area contributed by atoms with E-state index < -0.39 is 0 Å². The summed E-state index contributed by atoms with van der Waals surface area (Å²) in [5, 5.41) is 4.25. The van der Waals surface area contributed by atoms with Crippen LogP contribution in [0.25, 0.3) is 0 Å². The normalized spacial score (nSPS) is 20.5. The lowest BCUT2D eigenvalue weighted by atomic mass is 9.76. The Kier molecular flexibility index (Phi) is 3.23. The summed E-state index contributed by atoms with van der Waals surface area (Å²) in [5.74, 6) is 1.54. The smallest absolute Gasteiger partial charge is 0.147 e. The first kappa shape index (κ1) is 11.5. The average molecular weight is 197 g/mol. The van der Waals surface area contributed by atoms with E-state index in [9.17, 15) is 0 Å². The molecule has 0 fully saturated rings. The van der Waals surface area contributed by atoms with Crippen molar-refractivity contribution in [2.45, 2.75) is 53.6 Å². The van der Waals surface area contributed by atoms with E-state index in [1.54, 1.807) is 0 Å². The summed E-state index contributed by atoms with van der Waals surface area (Å²) < 4.78 is 0. The molecule has 0 N–H and O–H groups in total. The van der Waals surface area contributed by atoms with E-state index in [-0.39, 0.29) is 5.60 Å². The molecule has 0 radical (unpaired) electrons. The molecule has 2 nitrogen and oxygen atoms in total. The maximum Gasteiger partial charge on any atom is 0.147 e. The first-order valence-electron chi connectivity index (χ1n) is 5.65. The Morgan fingerprint density at radius 2 is 1.57 bits per heavy atom. The highest BCUT2D eigenvalue weighted by Crippen LogP contribution is 2.39. The Hall–Kier alpha value is -0.530. The highest BCUT2D eigenvalue weighted by molar-refractivity contribution is 5.87. The van der Waals surface area contributed by atoms with Gasteiger partial charge in [0.25, 0.3) is 0 Å². The molecule has 0 saturated carbocycles. The fraction of sp³-hybridized carbons (Fsp3) is 0.917. The summed E-state index contributed by atoms with van der Waals surface area (Å²) in [6, 6.07) is 0. The number of rotatable bonds is 3. The second kappa shape index (κ2) is 3.92. The molecule has 14 heavy (non-hydrogen) atoms. The summed E-state index contributed by atoms with van der Waals surface area (Å²) in [5.41, 5.74) is 1.16. The van der Waals surface area contributed by atoms with E-state index in [1.165, 1.54) is 5.71 Å². The molecule has 1 rings (SSSR count). The topological polar surface area (TPSA) is 21.6 Å². The molecule has 0 aromatic heterocycles. The van der Waals surface area contributed by atoms with Crippen molar-refractivity contribution >= 4 is 5.71 Å². The third-order valence-electron chi connectivity index (χ3n) is 3.41. The lowest BCUT2D eigenvalue weighted by Gasteiger charge is -2.34. The van der Waals surface area contributed by atoms with Gasteiger partial charge in [-0.05, 0) is 17.8 Å². The molecule has 0 bridgehead atoms. The average Bonchev–Trinajstić information content (AvgIpc) is 2.48. The van der Waals surface area contributed by atoms with Gasteiger partial charge in [0.15, 0.2) is 0 Å². The summed E-state index contributed by atoms with van der Waals surface area (Å²) in [6.45, 7) is 13.2. The molecule has 0 atom stereocenters. The van der Waals surface area contributed by atoms with E-state index in [0.717, 1.165) is 6.42 Å². The zero-order valence-corrected chi connectivity index (χ0v) is 10.3. The number of hydrogen-bond donors (Lipinski definition) is 0. The molecule has 1 heterocycles. The Morgan fingerprint density at radius 1 is 1.07 bits per heavy atom. The van der Waals surface area contributed by atoms with Crippen LogP contribution in [0.2, 0.25) is 0 Å². The Bertz CT molecular complexity index is 220. The fourth-order valence-electron chi connectivity index (χ4n) is 2.09. The molecule has 0 amide bonds. The zero-order chi connectivity index (χ0) is 10.9. The summed E-state index contributed by atoms with van der Waals surface area (Å²) in [6.07, 6.45) is 1.00. The third-order valence-corrected chi connectivity index (χ3v) is 3.41. The molecule has 1 aliphatic rings. The van der Waals surface area contributed by atoms with Gasteiger partial charge in [0.1, 0.15) is 5.60 Å². The quantitative estimate of drug-likeness (QED) is 0.679. The lowest BCUT2D eigenvalue weighted by Crippen LogP contribution is -2.41.